The number of likely N-dealkylation sites (N-methyl/N-ethyl adjacent to an activating group) is 2. The Labute approximate surface area is 287 Å². The number of benzene rings is 2. The van der Waals surface area contributed by atoms with Gasteiger partial charge in [-0.2, -0.15) is 0 Å². The largest absolute Gasteiger partial charge is 0.492 e. The van der Waals surface area contributed by atoms with E-state index in [1.165, 1.54) is 11.8 Å². The molecule has 0 spiro atoms. The summed E-state index contributed by atoms with van der Waals surface area (Å²) in [6.07, 6.45) is 1.60. The van der Waals surface area contributed by atoms with Gasteiger partial charge >= 0.3 is 0 Å². The van der Waals surface area contributed by atoms with Gasteiger partial charge in [0.25, 0.3) is 5.91 Å². The lowest BCUT2D eigenvalue weighted by Gasteiger charge is -2.40. The summed E-state index contributed by atoms with van der Waals surface area (Å²) in [6, 6.07) is 13.9. The van der Waals surface area contributed by atoms with E-state index in [2.05, 4.69) is 15.4 Å². The maximum Gasteiger partial charge on any atom is 0.260 e. The Morgan fingerprint density at radius 1 is 0.958 bits per heavy atom. The van der Waals surface area contributed by atoms with Crippen molar-refractivity contribution in [2.24, 2.45) is 17.1 Å². The second-order valence-corrected chi connectivity index (χ2v) is 15.8. The van der Waals surface area contributed by atoms with Crippen LogP contribution in [0, 0.1) is 11.3 Å². The lowest BCUT2D eigenvalue weighted by atomic mass is 9.76. The number of nitrogens with one attached hydrogen (secondary N) is 3. The van der Waals surface area contributed by atoms with E-state index < -0.39 is 44.9 Å². The lowest BCUT2D eigenvalue weighted by Crippen LogP contribution is -2.61. The first-order chi connectivity index (χ1) is 22.2. The minimum atomic E-state index is -3.95. The molecule has 12 heteroatoms. The van der Waals surface area contributed by atoms with Gasteiger partial charge in [0.2, 0.25) is 21.8 Å². The van der Waals surface area contributed by atoms with Gasteiger partial charge in [-0.15, -0.1) is 0 Å². The van der Waals surface area contributed by atoms with E-state index in [1.807, 2.05) is 72.7 Å². The van der Waals surface area contributed by atoms with Crippen molar-refractivity contribution in [1.29, 1.82) is 0 Å². The van der Waals surface area contributed by atoms with Gasteiger partial charge in [-0.05, 0) is 48.6 Å². The fraction of sp³-hybridized carbons (Fsp3) is 0.528. The number of hydrogen-bond acceptors (Lipinski definition) is 8. The predicted molar refractivity (Wildman–Crippen MR) is 191 cm³/mol. The molecule has 0 saturated carbocycles. The van der Waals surface area contributed by atoms with E-state index in [-0.39, 0.29) is 29.1 Å². The van der Waals surface area contributed by atoms with Crippen molar-refractivity contribution in [1.82, 2.24) is 20.3 Å². The number of carbonyl (C=O) groups excluding carboxylic acids is 3. The van der Waals surface area contributed by atoms with Crippen LogP contribution in [0.5, 0.6) is 5.75 Å². The Balaban J connectivity index is 2.29. The highest BCUT2D eigenvalue weighted by Crippen LogP contribution is 2.30. The average molecular weight is 686 g/mol. The molecule has 0 fully saturated rings. The van der Waals surface area contributed by atoms with E-state index in [9.17, 15) is 22.8 Å². The maximum absolute atomic E-state index is 14.2. The van der Waals surface area contributed by atoms with Crippen molar-refractivity contribution >= 4 is 27.7 Å². The maximum atomic E-state index is 14.2. The van der Waals surface area contributed by atoms with E-state index in [1.54, 1.807) is 50.5 Å². The van der Waals surface area contributed by atoms with Gasteiger partial charge in [-0.1, -0.05) is 97.0 Å². The van der Waals surface area contributed by atoms with Crippen LogP contribution in [0.15, 0.2) is 66.2 Å². The molecule has 0 aliphatic heterocycles. The molecule has 0 aliphatic carbocycles. The molecule has 2 rings (SSSR count). The normalized spacial score (nSPS) is 14.5. The Morgan fingerprint density at radius 2 is 1.54 bits per heavy atom. The van der Waals surface area contributed by atoms with Crippen LogP contribution < -0.4 is 25.8 Å². The predicted octanol–water partition coefficient (Wildman–Crippen LogP) is 3.50. The molecule has 48 heavy (non-hydrogen) atoms. The van der Waals surface area contributed by atoms with E-state index in [0.717, 1.165) is 5.56 Å². The SMILES string of the molecule is CNC(C(=O)NC(C(=O)N(C)C(/C=C(\C)C(=O)NS(=O)(=O)Cc1ccccc1)C(C)C)C(C)(C)C)C(C)(C)c1ccc(OCCN)cc1. The van der Waals surface area contributed by atoms with Gasteiger partial charge in [0.1, 0.15) is 18.4 Å². The topological polar surface area (TPSA) is 160 Å². The Hall–Kier alpha value is -3.74. The van der Waals surface area contributed by atoms with Gasteiger partial charge in [0.15, 0.2) is 0 Å². The van der Waals surface area contributed by atoms with Gasteiger partial charge in [0, 0.05) is 24.6 Å². The third-order valence-corrected chi connectivity index (χ3v) is 9.57. The second kappa shape index (κ2) is 17.1. The summed E-state index contributed by atoms with van der Waals surface area (Å²) in [6.45, 7) is 15.7. The summed E-state index contributed by atoms with van der Waals surface area (Å²) in [5, 5.41) is 6.16. The van der Waals surface area contributed by atoms with Gasteiger partial charge in [0.05, 0.1) is 17.8 Å². The van der Waals surface area contributed by atoms with Crippen LogP contribution in [0.1, 0.15) is 66.5 Å². The highest BCUT2D eigenvalue weighted by Gasteiger charge is 2.41. The van der Waals surface area contributed by atoms with Crippen molar-refractivity contribution in [3.8, 4) is 5.75 Å². The molecule has 3 amide bonds. The summed E-state index contributed by atoms with van der Waals surface area (Å²) in [4.78, 5) is 42.6. The van der Waals surface area contributed by atoms with Crippen LogP contribution in [-0.4, -0.2) is 76.4 Å². The Kier molecular flexibility index (Phi) is 14.4. The summed E-state index contributed by atoms with van der Waals surface area (Å²) in [5.41, 5.74) is 5.80. The van der Waals surface area contributed by atoms with Crippen LogP contribution in [0.3, 0.4) is 0 Å². The molecule has 2 aromatic rings. The first-order valence-corrected chi connectivity index (χ1v) is 17.8. The number of amides is 3. The fourth-order valence-electron chi connectivity index (χ4n) is 5.50. The average Bonchev–Trinajstić information content (AvgIpc) is 3.00. The number of carbonyl (C=O) groups is 3. The third kappa shape index (κ3) is 11.2. The molecule has 5 N–H and O–H groups in total. The summed E-state index contributed by atoms with van der Waals surface area (Å²) < 4.78 is 33.1. The molecule has 2 aromatic carbocycles. The smallest absolute Gasteiger partial charge is 0.260 e. The van der Waals surface area contributed by atoms with Crippen LogP contribution in [0.25, 0.3) is 0 Å². The molecular formula is C36H55N5O6S. The number of ether oxygens (including phenoxy) is 1. The molecule has 3 unspecified atom stereocenters. The Bertz CT molecular complexity index is 1520. The molecule has 11 nitrogen and oxygen atoms in total. The van der Waals surface area contributed by atoms with Crippen molar-refractivity contribution in [3.63, 3.8) is 0 Å². The van der Waals surface area contributed by atoms with Crippen molar-refractivity contribution in [3.05, 3.63) is 77.4 Å². The van der Waals surface area contributed by atoms with Crippen LogP contribution in [0.4, 0.5) is 0 Å². The molecule has 0 heterocycles. The van der Waals surface area contributed by atoms with Crippen LogP contribution >= 0.6 is 0 Å². The first-order valence-electron chi connectivity index (χ1n) is 16.2. The van der Waals surface area contributed by atoms with Crippen LogP contribution in [-0.2, 0) is 35.6 Å². The zero-order valence-corrected chi connectivity index (χ0v) is 30.9. The van der Waals surface area contributed by atoms with Gasteiger partial charge < -0.3 is 26.0 Å². The minimum Gasteiger partial charge on any atom is -0.492 e. The number of nitrogens with two attached hydrogens (primary N) is 1. The number of rotatable bonds is 16. The molecule has 266 valence electrons. The van der Waals surface area contributed by atoms with Crippen molar-refractivity contribution < 1.29 is 27.5 Å². The highest BCUT2D eigenvalue weighted by atomic mass is 32.2. The Morgan fingerprint density at radius 3 is 2.04 bits per heavy atom. The molecule has 0 bridgehead atoms. The van der Waals surface area contributed by atoms with Crippen molar-refractivity contribution in [2.45, 2.75) is 84.7 Å². The molecule has 3 atom stereocenters. The molecule has 0 saturated heterocycles. The second-order valence-electron chi connectivity index (χ2n) is 14.1. The lowest BCUT2D eigenvalue weighted by molar-refractivity contribution is -0.140. The van der Waals surface area contributed by atoms with E-state index in [4.69, 9.17) is 10.5 Å². The zero-order valence-electron chi connectivity index (χ0n) is 30.1. The molecular weight excluding hydrogens is 630 g/mol. The summed E-state index contributed by atoms with van der Waals surface area (Å²) >= 11 is 0. The molecule has 0 aliphatic rings. The standard InChI is InChI=1S/C36H55N5O6S/c1-24(2)29(22-25(3)32(42)40-48(45,46)23-26-14-12-11-13-15-26)41(10)34(44)31(35(4,5)6)39-33(43)30(38-9)36(7,8)27-16-18-28(19-17-27)47-21-20-37/h11-19,22,24,29-31,38H,20-21,23,37H2,1-10H3,(H,39,43)(H,40,42)/b25-22+. The van der Waals surface area contributed by atoms with Gasteiger partial charge in [-0.3, -0.25) is 14.4 Å². The fourth-order valence-corrected chi connectivity index (χ4v) is 6.65. The van der Waals surface area contributed by atoms with Gasteiger partial charge in [-0.25, -0.2) is 13.1 Å². The first kappa shape index (κ1) is 40.4. The summed E-state index contributed by atoms with van der Waals surface area (Å²) in [5.74, 6) is -1.25. The van der Waals surface area contributed by atoms with E-state index in [0.29, 0.717) is 24.5 Å². The highest BCUT2D eigenvalue weighted by molar-refractivity contribution is 7.89. The number of hydrogen-bond donors (Lipinski definition) is 4. The minimum absolute atomic E-state index is 0.139. The number of nitrogens with zero attached hydrogens (tertiary/aromatic N) is 1. The van der Waals surface area contributed by atoms with Crippen LogP contribution in [0.2, 0.25) is 0 Å². The van der Waals surface area contributed by atoms with Crippen molar-refractivity contribution in [2.75, 3.05) is 27.2 Å². The monoisotopic (exact) mass is 685 g/mol. The molecule has 0 radical (unpaired) electrons. The quantitative estimate of drug-likeness (QED) is 0.196. The summed E-state index contributed by atoms with van der Waals surface area (Å²) in [7, 11) is -0.621. The number of sulfonamides is 1. The third-order valence-electron chi connectivity index (χ3n) is 8.36. The zero-order chi connectivity index (χ0) is 36.4. The molecule has 0 aromatic heterocycles. The van der Waals surface area contributed by atoms with E-state index >= 15 is 0 Å².